The highest BCUT2D eigenvalue weighted by atomic mass is 32.2. The largest absolute Gasteiger partial charge is 0.129 e. The molecule has 154 valence electrons. The van der Waals surface area contributed by atoms with E-state index >= 15 is 0 Å². The number of benzene rings is 2. The Morgan fingerprint density at radius 2 is 1.36 bits per heavy atom. The van der Waals surface area contributed by atoms with Crippen LogP contribution >= 0.6 is 23.5 Å². The van der Waals surface area contributed by atoms with Crippen LogP contribution in [0.1, 0.15) is 44.2 Å². The minimum Gasteiger partial charge on any atom is -0.129 e. The molecule has 1 atom stereocenters. The second-order valence-corrected chi connectivity index (χ2v) is 8.08. The van der Waals surface area contributed by atoms with Gasteiger partial charge >= 0.3 is 0 Å². The third-order valence-electron chi connectivity index (χ3n) is 4.53. The van der Waals surface area contributed by atoms with Gasteiger partial charge in [-0.3, -0.25) is 0 Å². The summed E-state index contributed by atoms with van der Waals surface area (Å²) in [6.07, 6.45) is 12.4. The molecule has 0 saturated carbocycles. The Labute approximate surface area is 182 Å². The lowest BCUT2D eigenvalue weighted by Crippen LogP contribution is -2.03. The zero-order chi connectivity index (χ0) is 21.2. The first kappa shape index (κ1) is 26.6. The van der Waals surface area contributed by atoms with E-state index in [4.69, 9.17) is 0 Å². The van der Waals surface area contributed by atoms with E-state index in [0.29, 0.717) is 0 Å². The summed E-state index contributed by atoms with van der Waals surface area (Å²) >= 11 is 3.65. The van der Waals surface area contributed by atoms with Crippen molar-refractivity contribution in [3.63, 3.8) is 0 Å². The molecule has 0 bridgehead atoms. The summed E-state index contributed by atoms with van der Waals surface area (Å²) in [5.41, 5.74) is 2.90. The van der Waals surface area contributed by atoms with Gasteiger partial charge in [0.2, 0.25) is 0 Å². The van der Waals surface area contributed by atoms with E-state index in [0.717, 1.165) is 12.3 Å². The molecule has 0 saturated heterocycles. The summed E-state index contributed by atoms with van der Waals surface area (Å²) in [4.78, 5) is 2.81. The van der Waals surface area contributed by atoms with Crippen molar-refractivity contribution in [2.45, 2.75) is 55.7 Å². The normalized spacial score (nSPS) is 10.7. The van der Waals surface area contributed by atoms with Crippen molar-refractivity contribution in [3.8, 4) is 0 Å². The summed E-state index contributed by atoms with van der Waals surface area (Å²) < 4.78 is 0. The van der Waals surface area contributed by atoms with E-state index in [1.54, 1.807) is 11.8 Å². The predicted molar refractivity (Wildman–Crippen MR) is 134 cm³/mol. The maximum atomic E-state index is 3.72. The molecule has 0 nitrogen and oxygen atoms in total. The SMILES string of the molecule is C=C.C=CCc1ccccc1SC.CCCC(CC)Cc1ccccc1SC. The van der Waals surface area contributed by atoms with Gasteiger partial charge in [0.05, 0.1) is 0 Å². The van der Waals surface area contributed by atoms with Crippen LogP contribution in [-0.4, -0.2) is 12.5 Å². The van der Waals surface area contributed by atoms with Crippen molar-refractivity contribution in [1.82, 2.24) is 0 Å². The van der Waals surface area contributed by atoms with E-state index in [9.17, 15) is 0 Å². The maximum Gasteiger partial charge on any atom is 0.0104 e. The first-order chi connectivity index (χ1) is 13.7. The summed E-state index contributed by atoms with van der Waals surface area (Å²) in [5, 5.41) is 0. The lowest BCUT2D eigenvalue weighted by Gasteiger charge is -2.15. The first-order valence-electron chi connectivity index (χ1n) is 10.0. The molecule has 0 aliphatic heterocycles. The van der Waals surface area contributed by atoms with Crippen molar-refractivity contribution in [2.24, 2.45) is 5.92 Å². The van der Waals surface area contributed by atoms with Crippen LogP contribution in [-0.2, 0) is 12.8 Å². The first-order valence-corrected chi connectivity index (χ1v) is 12.5. The Morgan fingerprint density at radius 1 is 0.857 bits per heavy atom. The number of thioether (sulfide) groups is 2. The van der Waals surface area contributed by atoms with Crippen LogP contribution in [0.25, 0.3) is 0 Å². The fraction of sp³-hybridized carbons (Fsp3) is 0.385. The average Bonchev–Trinajstić information content (AvgIpc) is 2.76. The highest BCUT2D eigenvalue weighted by molar-refractivity contribution is 7.98. The van der Waals surface area contributed by atoms with Crippen LogP contribution in [0.5, 0.6) is 0 Å². The summed E-state index contributed by atoms with van der Waals surface area (Å²) in [5.74, 6) is 0.864. The molecule has 2 aromatic rings. The maximum absolute atomic E-state index is 3.72. The van der Waals surface area contributed by atoms with Gasteiger partial charge in [-0.15, -0.1) is 43.3 Å². The topological polar surface area (TPSA) is 0 Å². The predicted octanol–water partition coefficient (Wildman–Crippen LogP) is 8.72. The molecular formula is C26H38S2. The smallest absolute Gasteiger partial charge is 0.0104 e. The quantitative estimate of drug-likeness (QED) is 0.297. The van der Waals surface area contributed by atoms with Gasteiger partial charge in [-0.1, -0.05) is 75.6 Å². The third kappa shape index (κ3) is 10.2. The molecule has 0 aromatic heterocycles. The second kappa shape index (κ2) is 17.7. The summed E-state index contributed by atoms with van der Waals surface area (Å²) in [7, 11) is 0. The lowest BCUT2D eigenvalue weighted by molar-refractivity contribution is 0.459. The van der Waals surface area contributed by atoms with Crippen LogP contribution in [0.3, 0.4) is 0 Å². The van der Waals surface area contributed by atoms with Gasteiger partial charge < -0.3 is 0 Å². The molecule has 1 unspecified atom stereocenters. The van der Waals surface area contributed by atoms with Gasteiger partial charge in [0, 0.05) is 9.79 Å². The summed E-state index contributed by atoms with van der Waals surface area (Å²) in [6.45, 7) is 14.3. The molecule has 0 aliphatic carbocycles. The summed E-state index contributed by atoms with van der Waals surface area (Å²) in [6, 6.07) is 17.2. The second-order valence-electron chi connectivity index (χ2n) is 6.38. The van der Waals surface area contributed by atoms with Crippen LogP contribution in [0.15, 0.2) is 84.1 Å². The Kier molecular flexibility index (Phi) is 16.8. The monoisotopic (exact) mass is 414 g/mol. The molecule has 2 rings (SSSR count). The Morgan fingerprint density at radius 3 is 1.82 bits per heavy atom. The molecule has 2 heteroatoms. The fourth-order valence-corrected chi connectivity index (χ4v) is 4.32. The van der Waals surface area contributed by atoms with Crippen molar-refractivity contribution < 1.29 is 0 Å². The van der Waals surface area contributed by atoms with E-state index in [1.807, 2.05) is 17.8 Å². The molecule has 0 spiro atoms. The Bertz CT molecular complexity index is 648. The molecule has 2 aromatic carbocycles. The van der Waals surface area contributed by atoms with Crippen LogP contribution in [0.2, 0.25) is 0 Å². The zero-order valence-electron chi connectivity index (χ0n) is 18.2. The van der Waals surface area contributed by atoms with Crippen molar-refractivity contribution in [2.75, 3.05) is 12.5 Å². The molecule has 0 aliphatic rings. The molecule has 0 N–H and O–H groups in total. The zero-order valence-corrected chi connectivity index (χ0v) is 19.9. The van der Waals surface area contributed by atoms with Gasteiger partial charge in [-0.25, -0.2) is 0 Å². The minimum absolute atomic E-state index is 0.864. The Balaban J connectivity index is 0.000000497. The minimum atomic E-state index is 0.864. The van der Waals surface area contributed by atoms with E-state index in [2.05, 4.69) is 94.6 Å². The van der Waals surface area contributed by atoms with Crippen molar-refractivity contribution in [3.05, 3.63) is 85.5 Å². The fourth-order valence-electron chi connectivity index (χ4n) is 3.07. The van der Waals surface area contributed by atoms with E-state index in [1.165, 1.54) is 46.6 Å². The van der Waals surface area contributed by atoms with Crippen LogP contribution in [0.4, 0.5) is 0 Å². The van der Waals surface area contributed by atoms with Gasteiger partial charge in [-0.05, 0) is 54.5 Å². The molecule has 0 radical (unpaired) electrons. The number of rotatable bonds is 9. The third-order valence-corrected chi connectivity index (χ3v) is 6.21. The molecule has 0 fully saturated rings. The molecule has 28 heavy (non-hydrogen) atoms. The highest BCUT2D eigenvalue weighted by Gasteiger charge is 2.08. The van der Waals surface area contributed by atoms with Gasteiger partial charge in [0.1, 0.15) is 0 Å². The van der Waals surface area contributed by atoms with Gasteiger partial charge in [-0.2, -0.15) is 0 Å². The number of hydrogen-bond acceptors (Lipinski definition) is 2. The standard InChI is InChI=1S/C14H22S.C10H12S.C2H4/c1-4-8-12(5-2)11-13-9-6-7-10-14(13)15-3;1-3-6-9-7-4-5-8-10(9)11-2;1-2/h6-7,9-10,12H,4-5,8,11H2,1-3H3;3-5,7-8H,1,6H2,2H3;1-2H2. The van der Waals surface area contributed by atoms with Crippen molar-refractivity contribution >= 4 is 23.5 Å². The van der Waals surface area contributed by atoms with E-state index < -0.39 is 0 Å². The van der Waals surface area contributed by atoms with Gasteiger partial charge in [0.15, 0.2) is 0 Å². The number of allylic oxidation sites excluding steroid dienone is 1. The van der Waals surface area contributed by atoms with E-state index in [-0.39, 0.29) is 0 Å². The molecular weight excluding hydrogens is 376 g/mol. The highest BCUT2D eigenvalue weighted by Crippen LogP contribution is 2.25. The average molecular weight is 415 g/mol. The van der Waals surface area contributed by atoms with Crippen LogP contribution in [0, 0.1) is 5.92 Å². The molecule has 0 heterocycles. The van der Waals surface area contributed by atoms with Gasteiger partial charge in [0.25, 0.3) is 0 Å². The van der Waals surface area contributed by atoms with Crippen molar-refractivity contribution in [1.29, 1.82) is 0 Å². The molecule has 0 amide bonds. The Hall–Kier alpha value is -1.38. The lowest BCUT2D eigenvalue weighted by atomic mass is 9.93. The number of hydrogen-bond donors (Lipinski definition) is 0. The van der Waals surface area contributed by atoms with Crippen LogP contribution < -0.4 is 0 Å².